The number of aryl methyl sites for hydroxylation is 2. The van der Waals surface area contributed by atoms with E-state index in [0.717, 1.165) is 29.2 Å². The Morgan fingerprint density at radius 2 is 2.14 bits per heavy atom. The number of nitrogens with zero attached hydrogens (tertiary/aromatic N) is 3. The van der Waals surface area contributed by atoms with E-state index < -0.39 is 9.84 Å². The Morgan fingerprint density at radius 3 is 2.76 bits per heavy atom. The highest BCUT2D eigenvalue weighted by Crippen LogP contribution is 2.32. The fourth-order valence-corrected chi connectivity index (χ4v) is 4.22. The minimum absolute atomic E-state index is 0.00258. The van der Waals surface area contributed by atoms with Crippen molar-refractivity contribution in [3.8, 4) is 0 Å². The van der Waals surface area contributed by atoms with Crippen molar-refractivity contribution in [2.24, 2.45) is 7.05 Å². The van der Waals surface area contributed by atoms with E-state index in [2.05, 4.69) is 14.8 Å². The van der Waals surface area contributed by atoms with Crippen LogP contribution < -0.4 is 11.1 Å². The zero-order valence-electron chi connectivity index (χ0n) is 12.3. The number of anilines is 2. The summed E-state index contributed by atoms with van der Waals surface area (Å²) in [6.45, 7) is 4.11. The van der Waals surface area contributed by atoms with Crippen LogP contribution in [0.4, 0.5) is 10.8 Å². The zero-order valence-corrected chi connectivity index (χ0v) is 13.9. The fraction of sp³-hybridized carbons (Fsp3) is 0.500. The summed E-state index contributed by atoms with van der Waals surface area (Å²) in [6.07, 6.45) is 2.74. The van der Waals surface area contributed by atoms with Gasteiger partial charge in [-0.05, 0) is 18.0 Å². The number of rotatable bonds is 6. The van der Waals surface area contributed by atoms with Crippen LogP contribution in [-0.2, 0) is 29.9 Å². The minimum Gasteiger partial charge on any atom is -0.382 e. The number of nitrogens with one attached hydrogen (secondary N) is 1. The summed E-state index contributed by atoms with van der Waals surface area (Å²) < 4.78 is 29.8. The molecule has 9 heteroatoms. The lowest BCUT2D eigenvalue weighted by molar-refractivity contribution is 0.598. The highest BCUT2D eigenvalue weighted by atomic mass is 32.2. The van der Waals surface area contributed by atoms with E-state index in [1.807, 2.05) is 20.2 Å². The van der Waals surface area contributed by atoms with E-state index >= 15 is 0 Å². The number of hydrogen-bond donors (Lipinski definition) is 2. The van der Waals surface area contributed by atoms with Gasteiger partial charge in [0.05, 0.1) is 11.4 Å². The maximum atomic E-state index is 12.1. The first-order chi connectivity index (χ1) is 9.89. The van der Waals surface area contributed by atoms with E-state index in [0.29, 0.717) is 11.5 Å². The lowest BCUT2D eigenvalue weighted by atomic mass is 10.2. The highest BCUT2D eigenvalue weighted by Gasteiger charge is 2.24. The van der Waals surface area contributed by atoms with Gasteiger partial charge in [0.25, 0.3) is 0 Å². The molecule has 0 aliphatic rings. The number of hydrogen-bond acceptors (Lipinski definition) is 7. The van der Waals surface area contributed by atoms with Crippen molar-refractivity contribution in [3.05, 3.63) is 17.5 Å². The molecule has 0 saturated carbocycles. The molecule has 3 N–H and O–H groups in total. The van der Waals surface area contributed by atoms with Gasteiger partial charge < -0.3 is 11.1 Å². The summed E-state index contributed by atoms with van der Waals surface area (Å²) in [5.41, 5.74) is 7.72. The van der Waals surface area contributed by atoms with Crippen molar-refractivity contribution in [3.63, 3.8) is 0 Å². The van der Waals surface area contributed by atoms with Crippen LogP contribution in [-0.4, -0.2) is 28.3 Å². The Bertz CT molecular complexity index is 733. The van der Waals surface area contributed by atoms with Crippen LogP contribution in [0.25, 0.3) is 0 Å². The van der Waals surface area contributed by atoms with Crippen molar-refractivity contribution in [2.75, 3.05) is 16.8 Å². The van der Waals surface area contributed by atoms with Crippen LogP contribution in [0.1, 0.15) is 25.1 Å². The largest absolute Gasteiger partial charge is 0.382 e. The first kappa shape index (κ1) is 15.8. The van der Waals surface area contributed by atoms with Crippen LogP contribution >= 0.6 is 11.5 Å². The molecule has 0 bridgehead atoms. The third-order valence-corrected chi connectivity index (χ3v) is 5.87. The smallest absolute Gasteiger partial charge is 0.184 e. The van der Waals surface area contributed by atoms with Crippen LogP contribution in [0.15, 0.2) is 11.1 Å². The predicted molar refractivity (Wildman–Crippen MR) is 84.2 cm³/mol. The van der Waals surface area contributed by atoms with Gasteiger partial charge >= 0.3 is 0 Å². The van der Waals surface area contributed by atoms with E-state index in [4.69, 9.17) is 5.73 Å². The van der Waals surface area contributed by atoms with Gasteiger partial charge in [-0.3, -0.25) is 4.68 Å². The van der Waals surface area contributed by atoms with Gasteiger partial charge in [-0.25, -0.2) is 8.42 Å². The summed E-state index contributed by atoms with van der Waals surface area (Å²) in [6, 6.07) is 0. The maximum absolute atomic E-state index is 12.1. The highest BCUT2D eigenvalue weighted by molar-refractivity contribution is 7.91. The second kappa shape index (κ2) is 6.02. The van der Waals surface area contributed by atoms with Gasteiger partial charge in [-0.1, -0.05) is 13.8 Å². The lowest BCUT2D eigenvalue weighted by Gasteiger charge is -2.06. The zero-order chi connectivity index (χ0) is 15.6. The van der Waals surface area contributed by atoms with E-state index in [9.17, 15) is 8.42 Å². The molecule has 0 saturated heterocycles. The van der Waals surface area contributed by atoms with Gasteiger partial charge in [-0.15, -0.1) is 0 Å². The van der Waals surface area contributed by atoms with Gasteiger partial charge in [0, 0.05) is 25.4 Å². The molecule has 116 valence electrons. The molecular weight excluding hydrogens is 310 g/mol. The van der Waals surface area contributed by atoms with E-state index in [1.165, 1.54) is 0 Å². The molecule has 0 atom stereocenters. The number of nitrogens with two attached hydrogens (primary N) is 1. The maximum Gasteiger partial charge on any atom is 0.184 e. The molecule has 2 aromatic rings. The van der Waals surface area contributed by atoms with Crippen molar-refractivity contribution >= 4 is 32.2 Å². The Kier molecular flexibility index (Phi) is 4.52. The van der Waals surface area contributed by atoms with Gasteiger partial charge in [0.15, 0.2) is 15.7 Å². The Labute approximate surface area is 128 Å². The first-order valence-corrected chi connectivity index (χ1v) is 9.04. The van der Waals surface area contributed by atoms with E-state index in [-0.39, 0.29) is 16.5 Å². The van der Waals surface area contributed by atoms with Crippen LogP contribution in [0, 0.1) is 0 Å². The third kappa shape index (κ3) is 3.18. The molecule has 7 nitrogen and oxygen atoms in total. The van der Waals surface area contributed by atoms with Crippen molar-refractivity contribution in [1.82, 2.24) is 14.2 Å². The first-order valence-electron chi connectivity index (χ1n) is 6.62. The average molecular weight is 329 g/mol. The second-order valence-electron chi connectivity index (χ2n) is 4.61. The van der Waals surface area contributed by atoms with Crippen LogP contribution in [0.2, 0.25) is 0 Å². The Morgan fingerprint density at radius 1 is 1.43 bits per heavy atom. The normalized spacial score (nSPS) is 11.8. The number of aromatic nitrogens is 3. The standard InChI is InChI=1S/C12H19N5O2S2/c1-4-9-8(7-17(3)15-9)6-14-12-10(11(13)16-20-12)21(18,19)5-2/h7,14H,4-6H2,1-3H3,(H2,13,16). The van der Waals surface area contributed by atoms with Gasteiger partial charge in [0.1, 0.15) is 9.90 Å². The SMILES string of the molecule is CCc1nn(C)cc1CNc1snc(N)c1S(=O)(=O)CC. The minimum atomic E-state index is -3.39. The quantitative estimate of drug-likeness (QED) is 0.831. The van der Waals surface area contributed by atoms with Gasteiger partial charge in [-0.2, -0.15) is 9.47 Å². The van der Waals surface area contributed by atoms with Crippen molar-refractivity contribution in [1.29, 1.82) is 0 Å². The molecule has 0 radical (unpaired) electrons. The fourth-order valence-electron chi connectivity index (χ4n) is 2.06. The van der Waals surface area contributed by atoms with Crippen molar-refractivity contribution < 1.29 is 8.42 Å². The summed E-state index contributed by atoms with van der Waals surface area (Å²) in [5.74, 6) is 0.0588. The molecule has 0 amide bonds. The molecule has 0 fully saturated rings. The van der Waals surface area contributed by atoms with E-state index in [1.54, 1.807) is 11.6 Å². The van der Waals surface area contributed by atoms with Crippen LogP contribution in [0.3, 0.4) is 0 Å². The molecule has 2 heterocycles. The van der Waals surface area contributed by atoms with Crippen molar-refractivity contribution in [2.45, 2.75) is 31.7 Å². The van der Waals surface area contributed by atoms with Gasteiger partial charge in [0.2, 0.25) is 0 Å². The number of nitrogen functional groups attached to an aromatic ring is 1. The Balaban J connectivity index is 2.25. The summed E-state index contributed by atoms with van der Waals surface area (Å²) in [5, 5.41) is 7.96. The van der Waals surface area contributed by atoms with Crippen LogP contribution in [0.5, 0.6) is 0 Å². The molecule has 0 aromatic carbocycles. The lowest BCUT2D eigenvalue weighted by Crippen LogP contribution is -2.09. The average Bonchev–Trinajstić information content (AvgIpc) is 2.99. The molecule has 0 aliphatic carbocycles. The summed E-state index contributed by atoms with van der Waals surface area (Å²) in [4.78, 5) is 0.108. The molecule has 21 heavy (non-hydrogen) atoms. The molecular formula is C12H19N5O2S2. The molecule has 0 unspecified atom stereocenters. The molecule has 2 aromatic heterocycles. The second-order valence-corrected chi connectivity index (χ2v) is 7.60. The molecule has 0 aliphatic heterocycles. The summed E-state index contributed by atoms with van der Waals surface area (Å²) in [7, 11) is -1.53. The topological polar surface area (TPSA) is 103 Å². The number of sulfone groups is 1. The predicted octanol–water partition coefficient (Wildman–Crippen LogP) is 1.43. The summed E-state index contributed by atoms with van der Waals surface area (Å²) >= 11 is 1.07. The molecule has 2 rings (SSSR count). The third-order valence-electron chi connectivity index (χ3n) is 3.13. The Hall–Kier alpha value is -1.61. The molecule has 0 spiro atoms. The monoisotopic (exact) mass is 329 g/mol.